The molecule has 3 rings (SSSR count). The lowest BCUT2D eigenvalue weighted by Gasteiger charge is -2.21. The number of para-hydroxylation sites is 1. The summed E-state index contributed by atoms with van der Waals surface area (Å²) in [5, 5.41) is 2.95. The number of unbranched alkanes of at least 4 members (excludes halogenated alkanes) is 1. The van der Waals surface area contributed by atoms with Crippen molar-refractivity contribution in [1.29, 1.82) is 0 Å². The maximum absolute atomic E-state index is 13.2. The lowest BCUT2D eigenvalue weighted by atomic mass is 9.95. The molecule has 1 amide bonds. The van der Waals surface area contributed by atoms with Crippen molar-refractivity contribution < 1.29 is 9.53 Å². The van der Waals surface area contributed by atoms with E-state index in [0.717, 1.165) is 55.5 Å². The lowest BCUT2D eigenvalue weighted by Crippen LogP contribution is -2.36. The molecule has 5 nitrogen and oxygen atoms in total. The molecule has 162 valence electrons. The summed E-state index contributed by atoms with van der Waals surface area (Å²) in [6.07, 6.45) is 9.18. The van der Waals surface area contributed by atoms with E-state index in [4.69, 9.17) is 4.74 Å². The fraction of sp³-hybridized carbons (Fsp3) is 0.520. The number of aryl methyl sites for hydroxylation is 1. The van der Waals surface area contributed by atoms with Crippen molar-refractivity contribution in [2.75, 3.05) is 13.7 Å². The average Bonchev–Trinajstić information content (AvgIpc) is 2.74. The molecule has 0 saturated heterocycles. The second-order valence-corrected chi connectivity index (χ2v) is 8.07. The third kappa shape index (κ3) is 5.32. The third-order valence-electron chi connectivity index (χ3n) is 5.95. The first kappa shape index (κ1) is 22.1. The van der Waals surface area contributed by atoms with Crippen molar-refractivity contribution >= 4 is 5.91 Å². The van der Waals surface area contributed by atoms with Crippen molar-refractivity contribution in [2.24, 2.45) is 0 Å². The van der Waals surface area contributed by atoms with Gasteiger partial charge in [-0.15, -0.1) is 0 Å². The van der Waals surface area contributed by atoms with Gasteiger partial charge in [0.2, 0.25) is 0 Å². The Labute approximate surface area is 179 Å². The van der Waals surface area contributed by atoms with Crippen LogP contribution in [0.15, 0.2) is 35.1 Å². The highest BCUT2D eigenvalue weighted by atomic mass is 16.5. The van der Waals surface area contributed by atoms with E-state index in [9.17, 15) is 9.59 Å². The van der Waals surface area contributed by atoms with E-state index in [1.807, 2.05) is 34.9 Å². The predicted octanol–water partition coefficient (Wildman–Crippen LogP) is 4.29. The average molecular weight is 411 g/mol. The molecule has 0 saturated carbocycles. The van der Waals surface area contributed by atoms with E-state index in [1.54, 1.807) is 7.11 Å². The van der Waals surface area contributed by atoms with Crippen LogP contribution in [0.3, 0.4) is 0 Å². The number of benzene rings is 1. The largest absolute Gasteiger partial charge is 0.496 e. The number of fused-ring (bicyclic) bond motifs is 1. The minimum atomic E-state index is -0.273. The summed E-state index contributed by atoms with van der Waals surface area (Å²) in [6.45, 7) is 3.29. The summed E-state index contributed by atoms with van der Waals surface area (Å²) in [5.41, 5.74) is 3.51. The van der Waals surface area contributed by atoms with Crippen molar-refractivity contribution in [2.45, 2.75) is 71.3 Å². The van der Waals surface area contributed by atoms with Crippen LogP contribution in [0.4, 0.5) is 0 Å². The number of aromatic nitrogens is 1. The number of hydrogen-bond acceptors (Lipinski definition) is 3. The van der Waals surface area contributed by atoms with Gasteiger partial charge >= 0.3 is 0 Å². The number of hydrogen-bond donors (Lipinski definition) is 1. The molecule has 2 aromatic rings. The van der Waals surface area contributed by atoms with Crippen LogP contribution in [-0.4, -0.2) is 24.1 Å². The molecule has 0 bridgehead atoms. The smallest absolute Gasteiger partial charge is 0.263 e. The zero-order valence-electron chi connectivity index (χ0n) is 18.3. The van der Waals surface area contributed by atoms with Gasteiger partial charge in [-0.1, -0.05) is 44.4 Å². The molecule has 5 heteroatoms. The van der Waals surface area contributed by atoms with Crippen LogP contribution in [0.25, 0.3) is 0 Å². The van der Waals surface area contributed by atoms with E-state index in [2.05, 4.69) is 12.2 Å². The Hall–Kier alpha value is -2.56. The Morgan fingerprint density at radius 2 is 1.90 bits per heavy atom. The van der Waals surface area contributed by atoms with Crippen LogP contribution in [-0.2, 0) is 25.8 Å². The summed E-state index contributed by atoms with van der Waals surface area (Å²) < 4.78 is 7.27. The summed E-state index contributed by atoms with van der Waals surface area (Å²) in [4.78, 5) is 26.1. The van der Waals surface area contributed by atoms with Gasteiger partial charge in [0, 0.05) is 18.8 Å². The van der Waals surface area contributed by atoms with Gasteiger partial charge < -0.3 is 14.6 Å². The number of methoxy groups -OCH3 is 1. The molecule has 1 aromatic carbocycles. The summed E-state index contributed by atoms with van der Waals surface area (Å²) in [7, 11) is 1.65. The molecule has 1 N–H and O–H groups in total. The second kappa shape index (κ2) is 11.0. The van der Waals surface area contributed by atoms with Crippen LogP contribution in [0.5, 0.6) is 5.75 Å². The highest BCUT2D eigenvalue weighted by Crippen LogP contribution is 2.21. The molecular formula is C25H34N2O3. The SMILES string of the molecule is CCCCn1c2c(cc(C(=O)NCCc3ccccc3OC)c1=O)CCCCCC2. The predicted molar refractivity (Wildman–Crippen MR) is 121 cm³/mol. The van der Waals surface area contributed by atoms with Gasteiger partial charge in [0.1, 0.15) is 11.3 Å². The molecule has 1 heterocycles. The van der Waals surface area contributed by atoms with E-state index in [0.29, 0.717) is 19.5 Å². The molecule has 0 fully saturated rings. The second-order valence-electron chi connectivity index (χ2n) is 8.07. The number of carbonyl (C=O) groups is 1. The van der Waals surface area contributed by atoms with Gasteiger partial charge in [0.05, 0.1) is 7.11 Å². The van der Waals surface area contributed by atoms with Crippen LogP contribution in [0.2, 0.25) is 0 Å². The number of ether oxygens (including phenoxy) is 1. The van der Waals surface area contributed by atoms with Gasteiger partial charge in [-0.2, -0.15) is 0 Å². The molecular weight excluding hydrogens is 376 g/mol. The standard InChI is InChI=1S/C25H34N2O3/c1-3-4-17-27-22-13-8-6-5-7-12-20(22)18-21(25(27)29)24(28)26-16-15-19-11-9-10-14-23(19)30-2/h9-11,14,18H,3-8,12-13,15-17H2,1-2H3,(H,26,28). The van der Waals surface area contributed by atoms with Crippen molar-refractivity contribution in [1.82, 2.24) is 9.88 Å². The first-order chi connectivity index (χ1) is 14.7. The minimum absolute atomic E-state index is 0.141. The number of carbonyl (C=O) groups excluding carboxylic acids is 1. The fourth-order valence-corrected chi connectivity index (χ4v) is 4.26. The summed E-state index contributed by atoms with van der Waals surface area (Å²) in [6, 6.07) is 9.66. The quantitative estimate of drug-likeness (QED) is 0.706. The van der Waals surface area contributed by atoms with Gasteiger partial charge in [0.15, 0.2) is 0 Å². The number of rotatable bonds is 8. The van der Waals surface area contributed by atoms with Gasteiger partial charge in [-0.05, 0) is 61.8 Å². The minimum Gasteiger partial charge on any atom is -0.496 e. The van der Waals surface area contributed by atoms with E-state index in [1.165, 1.54) is 18.4 Å². The first-order valence-corrected chi connectivity index (χ1v) is 11.3. The number of nitrogens with one attached hydrogen (secondary N) is 1. The Kier molecular flexibility index (Phi) is 8.12. The van der Waals surface area contributed by atoms with Crippen LogP contribution < -0.4 is 15.6 Å². The molecule has 0 atom stereocenters. The van der Waals surface area contributed by atoms with Crippen molar-refractivity contribution in [3.63, 3.8) is 0 Å². The van der Waals surface area contributed by atoms with Crippen molar-refractivity contribution in [3.8, 4) is 5.75 Å². The molecule has 1 aromatic heterocycles. The molecule has 0 spiro atoms. The Morgan fingerprint density at radius 1 is 1.13 bits per heavy atom. The number of nitrogens with zero attached hydrogens (tertiary/aromatic N) is 1. The lowest BCUT2D eigenvalue weighted by molar-refractivity contribution is 0.0951. The molecule has 30 heavy (non-hydrogen) atoms. The highest BCUT2D eigenvalue weighted by molar-refractivity contribution is 5.94. The highest BCUT2D eigenvalue weighted by Gasteiger charge is 2.20. The van der Waals surface area contributed by atoms with Gasteiger partial charge in [-0.3, -0.25) is 9.59 Å². The maximum atomic E-state index is 13.2. The van der Waals surface area contributed by atoms with Gasteiger partial charge in [-0.25, -0.2) is 0 Å². The normalized spacial score (nSPS) is 13.8. The summed E-state index contributed by atoms with van der Waals surface area (Å²) >= 11 is 0. The zero-order valence-corrected chi connectivity index (χ0v) is 18.3. The maximum Gasteiger partial charge on any atom is 0.263 e. The number of amides is 1. The molecule has 1 aliphatic carbocycles. The number of pyridine rings is 1. The third-order valence-corrected chi connectivity index (χ3v) is 5.95. The molecule has 0 unspecified atom stereocenters. The van der Waals surface area contributed by atoms with Crippen LogP contribution in [0.1, 0.15) is 72.6 Å². The van der Waals surface area contributed by atoms with E-state index < -0.39 is 0 Å². The summed E-state index contributed by atoms with van der Waals surface area (Å²) in [5.74, 6) is 0.541. The van der Waals surface area contributed by atoms with Crippen LogP contribution in [0, 0.1) is 0 Å². The van der Waals surface area contributed by atoms with Crippen LogP contribution >= 0.6 is 0 Å². The fourth-order valence-electron chi connectivity index (χ4n) is 4.26. The van der Waals surface area contributed by atoms with E-state index >= 15 is 0 Å². The molecule has 0 radical (unpaired) electrons. The van der Waals surface area contributed by atoms with Gasteiger partial charge in [0.25, 0.3) is 11.5 Å². The first-order valence-electron chi connectivity index (χ1n) is 11.3. The zero-order chi connectivity index (χ0) is 21.3. The monoisotopic (exact) mass is 410 g/mol. The topological polar surface area (TPSA) is 60.3 Å². The van der Waals surface area contributed by atoms with E-state index in [-0.39, 0.29) is 17.0 Å². The Balaban J connectivity index is 1.80. The Bertz CT molecular complexity index is 917. The van der Waals surface area contributed by atoms with Crippen molar-refractivity contribution in [3.05, 3.63) is 63.1 Å². The molecule has 0 aliphatic heterocycles. The Morgan fingerprint density at radius 3 is 2.67 bits per heavy atom. The molecule has 1 aliphatic rings.